The first-order valence-electron chi connectivity index (χ1n) is 9.91. The number of thiazole rings is 1. The second kappa shape index (κ2) is 9.41. The highest BCUT2D eigenvalue weighted by Crippen LogP contribution is 2.34. The van der Waals surface area contributed by atoms with E-state index >= 15 is 0 Å². The van der Waals surface area contributed by atoms with Crippen molar-refractivity contribution in [1.82, 2.24) is 30.0 Å². The van der Waals surface area contributed by atoms with Crippen molar-refractivity contribution in [2.45, 2.75) is 25.5 Å². The number of carbonyl (C=O) groups excluding carboxylic acids is 1. The molecule has 0 aromatic carbocycles. The molecule has 0 bridgehead atoms. The molecule has 1 aliphatic rings. The summed E-state index contributed by atoms with van der Waals surface area (Å²) in [6.07, 6.45) is 1.59. The number of aryl methyl sites for hydroxylation is 2. The summed E-state index contributed by atoms with van der Waals surface area (Å²) < 4.78 is 7.79. The monoisotopic (exact) mass is 557 g/mol. The Morgan fingerprint density at radius 1 is 1.45 bits per heavy atom. The summed E-state index contributed by atoms with van der Waals surface area (Å²) in [4.78, 5) is 38.3. The van der Waals surface area contributed by atoms with Gasteiger partial charge in [-0.1, -0.05) is 22.9 Å². The number of nitrogens with zero attached hydrogens (tertiary/aromatic N) is 5. The van der Waals surface area contributed by atoms with Crippen molar-refractivity contribution in [1.29, 1.82) is 0 Å². The van der Waals surface area contributed by atoms with Crippen LogP contribution in [0.2, 0.25) is 5.02 Å². The van der Waals surface area contributed by atoms with E-state index in [9.17, 15) is 14.7 Å². The van der Waals surface area contributed by atoms with Gasteiger partial charge in [0.2, 0.25) is 0 Å². The Labute approximate surface area is 206 Å². The number of H-pyrrole nitrogens is 1. The fraction of sp³-hybridized carbons (Fsp3) is 0.421. The third-order valence-corrected chi connectivity index (χ3v) is 8.16. The minimum absolute atomic E-state index is 0.0906. The topological polar surface area (TPSA) is 138 Å². The van der Waals surface area contributed by atoms with Gasteiger partial charge >= 0.3 is 5.97 Å². The molecule has 33 heavy (non-hydrogen) atoms. The lowest BCUT2D eigenvalue weighted by Crippen LogP contribution is -2.55. The average molecular weight is 559 g/mol. The Morgan fingerprint density at radius 2 is 2.21 bits per heavy atom. The Kier molecular flexibility index (Phi) is 6.75. The van der Waals surface area contributed by atoms with E-state index in [1.807, 2.05) is 11.8 Å². The zero-order valence-electron chi connectivity index (χ0n) is 17.9. The fourth-order valence-corrected chi connectivity index (χ4v) is 5.22. The zero-order chi connectivity index (χ0) is 23.9. The summed E-state index contributed by atoms with van der Waals surface area (Å²) in [5.41, 5.74) is 1.33. The first-order valence-corrected chi connectivity index (χ1v) is 11.9. The van der Waals surface area contributed by atoms with Gasteiger partial charge in [-0.05, 0) is 29.3 Å². The highest BCUT2D eigenvalue weighted by molar-refractivity contribution is 9.10. The third-order valence-electron chi connectivity index (χ3n) is 5.46. The number of nitrogens with one attached hydrogen (secondary N) is 2. The van der Waals surface area contributed by atoms with Crippen molar-refractivity contribution in [3.8, 4) is 11.5 Å². The number of carboxylic acid groups (broad SMARTS) is 1. The molecule has 4 rings (SSSR count). The van der Waals surface area contributed by atoms with Gasteiger partial charge in [0.15, 0.2) is 11.0 Å². The largest absolute Gasteiger partial charge is 0.477 e. The van der Waals surface area contributed by atoms with Crippen LogP contribution in [0, 0.1) is 6.92 Å². The molecule has 1 fully saturated rings. The molecule has 0 radical (unpaired) electrons. The van der Waals surface area contributed by atoms with Gasteiger partial charge in [-0.25, -0.2) is 19.4 Å². The number of piperidine rings is 1. The number of aromatic amines is 1. The molecule has 1 amide bonds. The molecule has 11 nitrogen and oxygen atoms in total. The number of amides is 1. The number of halogens is 2. The molecular weight excluding hydrogens is 538 g/mol. The zero-order valence-corrected chi connectivity index (χ0v) is 21.1. The van der Waals surface area contributed by atoms with Gasteiger partial charge in [-0.15, -0.1) is 0 Å². The Bertz CT molecular complexity index is 1210. The van der Waals surface area contributed by atoms with Crippen LogP contribution in [0.25, 0.3) is 11.5 Å². The summed E-state index contributed by atoms with van der Waals surface area (Å²) in [6.45, 7) is 2.79. The second-order valence-electron chi connectivity index (χ2n) is 7.53. The summed E-state index contributed by atoms with van der Waals surface area (Å²) >= 11 is 10.7. The first kappa shape index (κ1) is 23.7. The van der Waals surface area contributed by atoms with Crippen LogP contribution in [0.1, 0.15) is 32.3 Å². The minimum atomic E-state index is -1.08. The van der Waals surface area contributed by atoms with Crippen molar-refractivity contribution in [3.05, 3.63) is 32.1 Å². The predicted molar refractivity (Wildman–Crippen MR) is 126 cm³/mol. The number of anilines is 1. The number of hydrogen-bond acceptors (Lipinski definition) is 8. The maximum atomic E-state index is 12.8. The Hall–Kier alpha value is -2.48. The number of aromatic nitrogens is 5. The standard InChI is InChI=1S/C19H21BrClN7O4S/c1-8-11(20)12(21)13(24-8)17(29)25-9-4-5-28(6-10(9)32-3)19-26-14(15(33-19)18(30)31)16-22-7-23-27(16)2/h7,9-10,24H,4-6H2,1-3H3,(H,25,29)(H,30,31)/t9-,10+/m1/s1. The quantitative estimate of drug-likeness (QED) is 0.420. The maximum Gasteiger partial charge on any atom is 0.348 e. The molecule has 3 N–H and O–H groups in total. The van der Waals surface area contributed by atoms with E-state index in [4.69, 9.17) is 16.3 Å². The third kappa shape index (κ3) is 4.50. The number of hydrogen-bond donors (Lipinski definition) is 3. The van der Waals surface area contributed by atoms with E-state index in [0.29, 0.717) is 40.0 Å². The summed E-state index contributed by atoms with van der Waals surface area (Å²) in [6, 6.07) is -0.255. The molecule has 2 atom stereocenters. The van der Waals surface area contributed by atoms with Gasteiger partial charge in [0.1, 0.15) is 22.6 Å². The number of aromatic carboxylic acids is 1. The smallest absolute Gasteiger partial charge is 0.348 e. The lowest BCUT2D eigenvalue weighted by molar-refractivity contribution is 0.0540. The number of carboxylic acids is 1. The second-order valence-corrected chi connectivity index (χ2v) is 9.68. The molecule has 0 unspecified atom stereocenters. The molecule has 1 saturated heterocycles. The average Bonchev–Trinajstić information content (AvgIpc) is 3.48. The highest BCUT2D eigenvalue weighted by Gasteiger charge is 2.34. The van der Waals surface area contributed by atoms with E-state index in [-0.39, 0.29) is 34.3 Å². The van der Waals surface area contributed by atoms with E-state index in [2.05, 4.69) is 41.3 Å². The fourth-order valence-electron chi connectivity index (χ4n) is 3.71. The number of carbonyl (C=O) groups is 2. The van der Waals surface area contributed by atoms with Crippen LogP contribution in [0.15, 0.2) is 10.8 Å². The lowest BCUT2D eigenvalue weighted by atomic mass is 10.0. The van der Waals surface area contributed by atoms with Crippen LogP contribution in [0.4, 0.5) is 5.13 Å². The number of rotatable bonds is 6. The minimum Gasteiger partial charge on any atom is -0.477 e. The van der Waals surface area contributed by atoms with Crippen molar-refractivity contribution >= 4 is 55.9 Å². The van der Waals surface area contributed by atoms with E-state index in [0.717, 1.165) is 17.0 Å². The van der Waals surface area contributed by atoms with E-state index in [1.165, 1.54) is 11.0 Å². The van der Waals surface area contributed by atoms with Crippen molar-refractivity contribution in [2.24, 2.45) is 7.05 Å². The normalized spacial score (nSPS) is 18.5. The summed E-state index contributed by atoms with van der Waals surface area (Å²) in [7, 11) is 3.25. The van der Waals surface area contributed by atoms with E-state index in [1.54, 1.807) is 14.2 Å². The van der Waals surface area contributed by atoms with Gasteiger partial charge in [0, 0.05) is 32.9 Å². The molecule has 176 valence electrons. The highest BCUT2D eigenvalue weighted by atomic mass is 79.9. The van der Waals surface area contributed by atoms with Crippen LogP contribution in [0.5, 0.6) is 0 Å². The molecule has 0 aliphatic carbocycles. The molecule has 3 aromatic heterocycles. The van der Waals surface area contributed by atoms with Crippen LogP contribution < -0.4 is 10.2 Å². The van der Waals surface area contributed by atoms with Crippen LogP contribution in [0.3, 0.4) is 0 Å². The molecule has 14 heteroatoms. The SMILES string of the molecule is CO[C@H]1CN(c2nc(-c3ncnn3C)c(C(=O)O)s2)CC[C@H]1NC(=O)c1[nH]c(C)c(Br)c1Cl. The molecule has 3 aromatic rings. The van der Waals surface area contributed by atoms with Gasteiger partial charge in [-0.2, -0.15) is 5.10 Å². The van der Waals surface area contributed by atoms with Crippen molar-refractivity contribution in [3.63, 3.8) is 0 Å². The Balaban J connectivity index is 1.52. The summed E-state index contributed by atoms with van der Waals surface area (Å²) in [5, 5.41) is 17.5. The molecular formula is C19H21BrClN7O4S. The van der Waals surface area contributed by atoms with Crippen LogP contribution in [-0.4, -0.2) is 74.1 Å². The summed E-state index contributed by atoms with van der Waals surface area (Å²) in [5.74, 6) is -1.02. The van der Waals surface area contributed by atoms with Crippen molar-refractivity contribution < 1.29 is 19.4 Å². The molecule has 0 saturated carbocycles. The van der Waals surface area contributed by atoms with Gasteiger partial charge in [0.05, 0.1) is 21.6 Å². The molecule has 0 spiro atoms. The van der Waals surface area contributed by atoms with Gasteiger partial charge in [-0.3, -0.25) is 4.79 Å². The van der Waals surface area contributed by atoms with E-state index < -0.39 is 5.97 Å². The Morgan fingerprint density at radius 3 is 2.79 bits per heavy atom. The van der Waals surface area contributed by atoms with Crippen LogP contribution in [-0.2, 0) is 11.8 Å². The van der Waals surface area contributed by atoms with Crippen molar-refractivity contribution in [2.75, 3.05) is 25.1 Å². The van der Waals surface area contributed by atoms with Crippen LogP contribution >= 0.6 is 38.9 Å². The lowest BCUT2D eigenvalue weighted by Gasteiger charge is -2.37. The first-order chi connectivity index (χ1) is 15.7. The number of ether oxygens (including phenoxy) is 1. The molecule has 1 aliphatic heterocycles. The molecule has 4 heterocycles. The maximum absolute atomic E-state index is 12.8. The van der Waals surface area contributed by atoms with Gasteiger partial charge < -0.3 is 25.0 Å². The van der Waals surface area contributed by atoms with Gasteiger partial charge in [0.25, 0.3) is 5.91 Å². The predicted octanol–water partition coefficient (Wildman–Crippen LogP) is 2.71. The number of methoxy groups -OCH3 is 1.